The number of benzene rings is 2. The molecule has 2 aromatic rings. The number of carbonyl (C=O) groups is 1. The van der Waals surface area contributed by atoms with Crippen LogP contribution in [0.1, 0.15) is 23.1 Å². The molecule has 1 N–H and O–H groups in total. The van der Waals surface area contributed by atoms with Crippen LogP contribution in [-0.2, 0) is 11.3 Å². The lowest BCUT2D eigenvalue weighted by Gasteiger charge is -2.35. The predicted molar refractivity (Wildman–Crippen MR) is 94.7 cm³/mol. The number of hydrogen-bond acceptors (Lipinski definition) is 3. The van der Waals surface area contributed by atoms with Gasteiger partial charge in [0.2, 0.25) is 0 Å². The zero-order valence-electron chi connectivity index (χ0n) is 13.8. The zero-order chi connectivity index (χ0) is 17.3. The van der Waals surface area contributed by atoms with Crippen molar-refractivity contribution in [1.29, 1.82) is 0 Å². The van der Waals surface area contributed by atoms with Crippen LogP contribution in [0.3, 0.4) is 0 Å². The van der Waals surface area contributed by atoms with Gasteiger partial charge in [-0.05, 0) is 48.7 Å². The third-order valence-corrected chi connectivity index (χ3v) is 4.39. The molecule has 0 radical (unpaired) electrons. The summed E-state index contributed by atoms with van der Waals surface area (Å²) < 4.78 is 5.89. The van der Waals surface area contributed by atoms with Gasteiger partial charge in [-0.25, -0.2) is 0 Å². The van der Waals surface area contributed by atoms with Gasteiger partial charge in [0.05, 0.1) is 12.2 Å². The Bertz CT molecular complexity index is 758. The highest BCUT2D eigenvalue weighted by Crippen LogP contribution is 2.39. The first-order valence-electron chi connectivity index (χ1n) is 7.94. The highest BCUT2D eigenvalue weighted by Gasteiger charge is 2.35. The van der Waals surface area contributed by atoms with Gasteiger partial charge in [0.25, 0.3) is 5.91 Å². The van der Waals surface area contributed by atoms with Crippen molar-refractivity contribution < 1.29 is 14.6 Å². The molecule has 0 aliphatic carbocycles. The van der Waals surface area contributed by atoms with Crippen molar-refractivity contribution in [3.05, 3.63) is 58.1 Å². The number of fused-ring (bicyclic) bond motifs is 1. The van der Waals surface area contributed by atoms with Crippen molar-refractivity contribution in [2.45, 2.75) is 32.9 Å². The van der Waals surface area contributed by atoms with Crippen LogP contribution in [0.25, 0.3) is 0 Å². The largest absolute Gasteiger partial charge is 0.478 e. The van der Waals surface area contributed by atoms with E-state index in [2.05, 4.69) is 0 Å². The van der Waals surface area contributed by atoms with E-state index in [0.717, 1.165) is 22.4 Å². The van der Waals surface area contributed by atoms with Crippen molar-refractivity contribution in [3.8, 4) is 5.75 Å². The van der Waals surface area contributed by atoms with Crippen molar-refractivity contribution >= 4 is 23.2 Å². The minimum absolute atomic E-state index is 0.0918. The molecule has 2 aromatic carbocycles. The van der Waals surface area contributed by atoms with E-state index >= 15 is 0 Å². The fourth-order valence-electron chi connectivity index (χ4n) is 3.01. The Kier molecular flexibility index (Phi) is 4.78. The molecule has 1 aliphatic heterocycles. The summed E-state index contributed by atoms with van der Waals surface area (Å²) in [6, 6.07) is 11.4. The maximum atomic E-state index is 12.8. The van der Waals surface area contributed by atoms with Crippen LogP contribution in [0.15, 0.2) is 36.4 Å². The normalized spacial score (nSPS) is 16.8. The lowest BCUT2D eigenvalue weighted by atomic mass is 10.0. The third-order valence-electron chi connectivity index (χ3n) is 4.14. The van der Waals surface area contributed by atoms with Crippen molar-refractivity contribution in [3.63, 3.8) is 0 Å². The van der Waals surface area contributed by atoms with Crippen LogP contribution in [0, 0.1) is 13.8 Å². The van der Waals surface area contributed by atoms with E-state index in [1.807, 2.05) is 50.2 Å². The first-order valence-corrected chi connectivity index (χ1v) is 8.32. The first-order chi connectivity index (χ1) is 11.5. The van der Waals surface area contributed by atoms with E-state index in [-0.39, 0.29) is 18.9 Å². The topological polar surface area (TPSA) is 49.8 Å². The molecular weight excluding hydrogens is 326 g/mol. The van der Waals surface area contributed by atoms with Gasteiger partial charge in [-0.2, -0.15) is 0 Å². The Labute approximate surface area is 146 Å². The SMILES string of the molecule is Cc1cc(C)c2c(c1)N(Cc1ccc(Cl)cc1)C(=O)C(CCO)O2. The van der Waals surface area contributed by atoms with Gasteiger partial charge in [0.1, 0.15) is 5.75 Å². The number of hydrogen-bond donors (Lipinski definition) is 1. The van der Waals surface area contributed by atoms with Gasteiger partial charge in [0, 0.05) is 18.1 Å². The van der Waals surface area contributed by atoms with Crippen LogP contribution in [0.4, 0.5) is 5.69 Å². The van der Waals surface area contributed by atoms with Gasteiger partial charge in [0.15, 0.2) is 6.10 Å². The van der Waals surface area contributed by atoms with Gasteiger partial charge >= 0.3 is 0 Å². The second-order valence-corrected chi connectivity index (χ2v) is 6.54. The maximum absolute atomic E-state index is 12.8. The quantitative estimate of drug-likeness (QED) is 0.920. The summed E-state index contributed by atoms with van der Waals surface area (Å²) in [5.74, 6) is 0.587. The van der Waals surface area contributed by atoms with Crippen molar-refractivity contribution in [2.75, 3.05) is 11.5 Å². The molecule has 0 saturated carbocycles. The molecule has 1 unspecified atom stereocenters. The standard InChI is InChI=1S/C19H20ClNO3/c1-12-9-13(2)18-16(10-12)21(19(23)17(24-18)7-8-22)11-14-3-5-15(20)6-4-14/h3-6,9-10,17,22H,7-8,11H2,1-2H3. The second-order valence-electron chi connectivity index (χ2n) is 6.10. The summed E-state index contributed by atoms with van der Waals surface area (Å²) in [6.45, 7) is 4.32. The molecule has 0 spiro atoms. The average Bonchev–Trinajstić information content (AvgIpc) is 2.54. The Morgan fingerprint density at radius 3 is 2.58 bits per heavy atom. The highest BCUT2D eigenvalue weighted by molar-refractivity contribution is 6.30. The molecule has 4 nitrogen and oxygen atoms in total. The van der Waals surface area contributed by atoms with Crippen LogP contribution in [-0.4, -0.2) is 23.7 Å². The Balaban J connectivity index is 2.02. The lowest BCUT2D eigenvalue weighted by Crippen LogP contribution is -2.46. The minimum Gasteiger partial charge on any atom is -0.478 e. The number of rotatable bonds is 4. The molecule has 0 aromatic heterocycles. The minimum atomic E-state index is -0.656. The van der Waals surface area contributed by atoms with E-state index in [4.69, 9.17) is 16.3 Å². The van der Waals surface area contributed by atoms with Crippen LogP contribution in [0.2, 0.25) is 5.02 Å². The molecule has 1 heterocycles. The van der Waals surface area contributed by atoms with Gasteiger partial charge < -0.3 is 14.7 Å². The van der Waals surface area contributed by atoms with Crippen LogP contribution in [0.5, 0.6) is 5.75 Å². The number of anilines is 1. The summed E-state index contributed by atoms with van der Waals surface area (Å²) in [5.41, 5.74) is 3.83. The van der Waals surface area contributed by atoms with Gasteiger partial charge in [-0.3, -0.25) is 4.79 Å². The molecule has 1 atom stereocenters. The lowest BCUT2D eigenvalue weighted by molar-refractivity contribution is -0.127. The van der Waals surface area contributed by atoms with E-state index in [0.29, 0.717) is 17.3 Å². The average molecular weight is 346 g/mol. The van der Waals surface area contributed by atoms with Gasteiger partial charge in [-0.15, -0.1) is 0 Å². The molecule has 0 bridgehead atoms. The number of nitrogens with zero attached hydrogens (tertiary/aromatic N) is 1. The molecule has 1 amide bonds. The number of amides is 1. The molecule has 0 saturated heterocycles. The fourth-order valence-corrected chi connectivity index (χ4v) is 3.13. The molecule has 3 rings (SSSR count). The van der Waals surface area contributed by atoms with Crippen molar-refractivity contribution in [1.82, 2.24) is 0 Å². The summed E-state index contributed by atoms with van der Waals surface area (Å²) in [5, 5.41) is 9.90. The number of halogens is 1. The molecule has 1 aliphatic rings. The molecular formula is C19H20ClNO3. The monoisotopic (exact) mass is 345 g/mol. The van der Waals surface area contributed by atoms with Crippen LogP contribution >= 0.6 is 11.6 Å². The Hall–Kier alpha value is -2.04. The smallest absolute Gasteiger partial charge is 0.268 e. The number of carbonyl (C=O) groups excluding carboxylic acids is 1. The summed E-state index contributed by atoms with van der Waals surface area (Å²) >= 11 is 5.94. The number of aliphatic hydroxyl groups excluding tert-OH is 1. The predicted octanol–water partition coefficient (Wildman–Crippen LogP) is 3.63. The zero-order valence-corrected chi connectivity index (χ0v) is 14.5. The van der Waals surface area contributed by atoms with E-state index < -0.39 is 6.10 Å². The van der Waals surface area contributed by atoms with Crippen LogP contribution < -0.4 is 9.64 Å². The number of aliphatic hydroxyl groups is 1. The first kappa shape index (κ1) is 16.8. The van der Waals surface area contributed by atoms with Gasteiger partial charge in [-0.1, -0.05) is 29.8 Å². The molecule has 0 fully saturated rings. The highest BCUT2D eigenvalue weighted by atomic mass is 35.5. The summed E-state index contributed by atoms with van der Waals surface area (Å²) in [4.78, 5) is 14.6. The van der Waals surface area contributed by atoms with E-state index in [1.54, 1.807) is 4.90 Å². The van der Waals surface area contributed by atoms with E-state index in [9.17, 15) is 9.90 Å². The molecule has 126 valence electrons. The molecule has 5 heteroatoms. The third kappa shape index (κ3) is 3.25. The molecule has 24 heavy (non-hydrogen) atoms. The van der Waals surface area contributed by atoms with E-state index in [1.165, 1.54) is 0 Å². The van der Waals surface area contributed by atoms with Crippen molar-refractivity contribution in [2.24, 2.45) is 0 Å². The number of aryl methyl sites for hydroxylation is 2. The summed E-state index contributed by atoms with van der Waals surface area (Å²) in [7, 11) is 0. The summed E-state index contributed by atoms with van der Waals surface area (Å²) in [6.07, 6.45) is -0.376. The number of ether oxygens (including phenoxy) is 1. The Morgan fingerprint density at radius 1 is 1.21 bits per heavy atom. The maximum Gasteiger partial charge on any atom is 0.268 e. The fraction of sp³-hybridized carbons (Fsp3) is 0.316. The Morgan fingerprint density at radius 2 is 1.92 bits per heavy atom. The second kappa shape index (κ2) is 6.83.